The van der Waals surface area contributed by atoms with Crippen LogP contribution < -0.4 is 11.5 Å². The number of nitrogens with two attached hydrogens (primary N) is 2. The Morgan fingerprint density at radius 2 is 1.25 bits per heavy atom. The van der Waals surface area contributed by atoms with Crippen molar-refractivity contribution in [1.29, 1.82) is 0 Å². The van der Waals surface area contributed by atoms with Crippen LogP contribution >= 0.6 is 0 Å². The second-order valence-corrected chi connectivity index (χ2v) is 5.29. The van der Waals surface area contributed by atoms with Crippen molar-refractivity contribution in [3.8, 4) is 22.6 Å². The largest absolute Gasteiger partial charge is 0.383 e. The number of nitrogens with zero attached hydrogens (tertiary/aromatic N) is 4. The fraction of sp³-hybridized carbons (Fsp3) is 0. The molecule has 0 atom stereocenters. The highest BCUT2D eigenvalue weighted by Crippen LogP contribution is 2.31. The van der Waals surface area contributed by atoms with Crippen molar-refractivity contribution in [3.05, 3.63) is 60.7 Å². The van der Waals surface area contributed by atoms with Gasteiger partial charge in [-0.15, -0.1) is 0 Å². The van der Waals surface area contributed by atoms with Crippen molar-refractivity contribution in [2.75, 3.05) is 11.5 Å². The standard InChI is InChI=1S/C18H14N6/c19-15-13-14(11-7-3-1-4-8-11)21-16(12-9-5-2-6-10-12)23-17(13)24-18(20)22-15/h1-10H,(H4,19,20,21,22,23,24). The highest BCUT2D eigenvalue weighted by atomic mass is 15.1. The maximum atomic E-state index is 6.07. The SMILES string of the molecule is Nc1nc(N)c2c(-c3ccccc3)nc(-c3ccccc3)nc2n1. The summed E-state index contributed by atoms with van der Waals surface area (Å²) in [5.74, 6) is 0.937. The number of hydrogen-bond donors (Lipinski definition) is 2. The molecule has 0 aliphatic rings. The number of rotatable bonds is 2. The lowest BCUT2D eigenvalue weighted by atomic mass is 10.1. The van der Waals surface area contributed by atoms with E-state index in [2.05, 4.69) is 15.0 Å². The highest BCUT2D eigenvalue weighted by molar-refractivity contribution is 5.98. The first kappa shape index (κ1) is 14.1. The minimum absolute atomic E-state index is 0.0942. The monoisotopic (exact) mass is 314 g/mol. The van der Waals surface area contributed by atoms with Crippen LogP contribution in [0.4, 0.5) is 11.8 Å². The Balaban J connectivity index is 2.08. The topological polar surface area (TPSA) is 104 Å². The molecule has 24 heavy (non-hydrogen) atoms. The van der Waals surface area contributed by atoms with Gasteiger partial charge in [0.1, 0.15) is 5.82 Å². The van der Waals surface area contributed by atoms with Crippen LogP contribution in [0.5, 0.6) is 0 Å². The fourth-order valence-corrected chi connectivity index (χ4v) is 2.60. The van der Waals surface area contributed by atoms with Gasteiger partial charge in [-0.25, -0.2) is 9.97 Å². The summed E-state index contributed by atoms with van der Waals surface area (Å²) in [7, 11) is 0. The molecule has 0 radical (unpaired) electrons. The lowest BCUT2D eigenvalue weighted by Gasteiger charge is -2.10. The average Bonchev–Trinajstić information content (AvgIpc) is 2.62. The van der Waals surface area contributed by atoms with E-state index in [1.807, 2.05) is 60.7 Å². The van der Waals surface area contributed by atoms with E-state index >= 15 is 0 Å². The minimum Gasteiger partial charge on any atom is -0.383 e. The van der Waals surface area contributed by atoms with E-state index in [-0.39, 0.29) is 11.8 Å². The summed E-state index contributed by atoms with van der Waals surface area (Å²) in [6.07, 6.45) is 0. The quantitative estimate of drug-likeness (QED) is 0.589. The molecule has 0 spiro atoms. The van der Waals surface area contributed by atoms with Crippen molar-refractivity contribution in [2.45, 2.75) is 0 Å². The van der Waals surface area contributed by atoms with E-state index in [0.29, 0.717) is 22.6 Å². The van der Waals surface area contributed by atoms with Crippen molar-refractivity contribution in [2.24, 2.45) is 0 Å². The zero-order valence-corrected chi connectivity index (χ0v) is 12.7. The van der Waals surface area contributed by atoms with E-state index in [1.54, 1.807) is 0 Å². The Hall–Kier alpha value is -3.54. The maximum Gasteiger partial charge on any atom is 0.224 e. The minimum atomic E-state index is 0.0942. The fourth-order valence-electron chi connectivity index (χ4n) is 2.60. The van der Waals surface area contributed by atoms with Gasteiger partial charge in [0.15, 0.2) is 11.5 Å². The summed E-state index contributed by atoms with van der Waals surface area (Å²) >= 11 is 0. The zero-order chi connectivity index (χ0) is 16.5. The normalized spacial score (nSPS) is 10.8. The molecule has 6 heteroatoms. The third-order valence-corrected chi connectivity index (χ3v) is 3.68. The van der Waals surface area contributed by atoms with Gasteiger partial charge in [0, 0.05) is 11.1 Å². The highest BCUT2D eigenvalue weighted by Gasteiger charge is 2.16. The number of fused-ring (bicyclic) bond motifs is 1. The first-order valence-electron chi connectivity index (χ1n) is 7.44. The average molecular weight is 314 g/mol. The van der Waals surface area contributed by atoms with E-state index in [9.17, 15) is 0 Å². The first-order chi connectivity index (χ1) is 11.7. The Morgan fingerprint density at radius 3 is 1.92 bits per heavy atom. The molecule has 0 saturated heterocycles. The third kappa shape index (κ3) is 2.40. The molecule has 0 aliphatic carbocycles. The van der Waals surface area contributed by atoms with E-state index < -0.39 is 0 Å². The predicted octanol–water partition coefficient (Wildman–Crippen LogP) is 2.92. The Kier molecular flexibility index (Phi) is 3.28. The first-order valence-corrected chi connectivity index (χ1v) is 7.44. The summed E-state index contributed by atoms with van der Waals surface area (Å²) in [5.41, 5.74) is 14.8. The molecule has 0 bridgehead atoms. The van der Waals surface area contributed by atoms with Crippen LogP contribution in [0.2, 0.25) is 0 Å². The van der Waals surface area contributed by atoms with Crippen LogP contribution in [-0.2, 0) is 0 Å². The molecule has 0 fully saturated rings. The summed E-state index contributed by atoms with van der Waals surface area (Å²) < 4.78 is 0. The molecule has 4 N–H and O–H groups in total. The van der Waals surface area contributed by atoms with Gasteiger partial charge in [0.25, 0.3) is 0 Å². The molecule has 0 amide bonds. The van der Waals surface area contributed by atoms with Gasteiger partial charge < -0.3 is 11.5 Å². The Morgan fingerprint density at radius 1 is 0.625 bits per heavy atom. The van der Waals surface area contributed by atoms with Crippen molar-refractivity contribution in [3.63, 3.8) is 0 Å². The maximum absolute atomic E-state index is 6.07. The lowest BCUT2D eigenvalue weighted by Crippen LogP contribution is -2.05. The lowest BCUT2D eigenvalue weighted by molar-refractivity contribution is 1.16. The summed E-state index contributed by atoms with van der Waals surface area (Å²) in [4.78, 5) is 17.6. The van der Waals surface area contributed by atoms with Gasteiger partial charge in [-0.1, -0.05) is 60.7 Å². The van der Waals surface area contributed by atoms with E-state index in [4.69, 9.17) is 16.5 Å². The summed E-state index contributed by atoms with van der Waals surface area (Å²) in [6, 6.07) is 19.5. The Labute approximate surface area is 138 Å². The van der Waals surface area contributed by atoms with Crippen LogP contribution in [0.3, 0.4) is 0 Å². The van der Waals surface area contributed by atoms with E-state index in [1.165, 1.54) is 0 Å². The zero-order valence-electron chi connectivity index (χ0n) is 12.7. The molecule has 0 unspecified atom stereocenters. The van der Waals surface area contributed by atoms with Gasteiger partial charge in [-0.2, -0.15) is 9.97 Å². The second kappa shape index (κ2) is 5.58. The van der Waals surface area contributed by atoms with Gasteiger partial charge >= 0.3 is 0 Å². The number of aromatic nitrogens is 4. The molecule has 2 heterocycles. The van der Waals surface area contributed by atoms with Crippen molar-refractivity contribution >= 4 is 22.8 Å². The number of anilines is 2. The molecule has 2 aromatic heterocycles. The van der Waals surface area contributed by atoms with E-state index in [0.717, 1.165) is 11.1 Å². The van der Waals surface area contributed by atoms with Crippen molar-refractivity contribution in [1.82, 2.24) is 19.9 Å². The van der Waals surface area contributed by atoms with Crippen LogP contribution in [0, 0.1) is 0 Å². The molecule has 4 rings (SSSR count). The second-order valence-electron chi connectivity index (χ2n) is 5.29. The smallest absolute Gasteiger partial charge is 0.224 e. The van der Waals surface area contributed by atoms with Crippen LogP contribution in [0.25, 0.3) is 33.7 Å². The predicted molar refractivity (Wildman–Crippen MR) is 94.8 cm³/mol. The summed E-state index contributed by atoms with van der Waals surface area (Å²) in [6.45, 7) is 0. The number of hydrogen-bond acceptors (Lipinski definition) is 6. The molecule has 4 aromatic rings. The molecule has 0 aliphatic heterocycles. The molecule has 2 aromatic carbocycles. The number of benzene rings is 2. The molecular formula is C18H14N6. The Bertz CT molecular complexity index is 1020. The number of nitrogen functional groups attached to an aromatic ring is 2. The van der Waals surface area contributed by atoms with Gasteiger partial charge in [0.05, 0.1) is 11.1 Å². The molecule has 116 valence electrons. The summed E-state index contributed by atoms with van der Waals surface area (Å²) in [5, 5.41) is 0.607. The van der Waals surface area contributed by atoms with Crippen LogP contribution in [0.1, 0.15) is 0 Å². The van der Waals surface area contributed by atoms with Gasteiger partial charge in [-0.05, 0) is 0 Å². The molecule has 0 saturated carbocycles. The van der Waals surface area contributed by atoms with Gasteiger partial charge in [-0.3, -0.25) is 0 Å². The van der Waals surface area contributed by atoms with Crippen molar-refractivity contribution < 1.29 is 0 Å². The van der Waals surface area contributed by atoms with Gasteiger partial charge in [0.2, 0.25) is 5.95 Å². The third-order valence-electron chi connectivity index (χ3n) is 3.68. The molecular weight excluding hydrogens is 300 g/mol. The molecule has 6 nitrogen and oxygen atoms in total. The van der Waals surface area contributed by atoms with Crippen LogP contribution in [-0.4, -0.2) is 19.9 Å². The van der Waals surface area contributed by atoms with Crippen LogP contribution in [0.15, 0.2) is 60.7 Å².